The van der Waals surface area contributed by atoms with Crippen LogP contribution < -0.4 is 20.1 Å². The van der Waals surface area contributed by atoms with Crippen molar-refractivity contribution >= 4 is 46.5 Å². The summed E-state index contributed by atoms with van der Waals surface area (Å²) < 4.78 is 13.6. The van der Waals surface area contributed by atoms with Gasteiger partial charge in [0.05, 0.1) is 24.2 Å². The second kappa shape index (κ2) is 12.2. The van der Waals surface area contributed by atoms with E-state index in [1.165, 1.54) is 6.08 Å². The molecule has 9 nitrogen and oxygen atoms in total. The van der Waals surface area contributed by atoms with Crippen LogP contribution in [0, 0.1) is 0 Å². The lowest BCUT2D eigenvalue weighted by Crippen LogP contribution is -2.20. The molecule has 0 aliphatic rings. The summed E-state index contributed by atoms with van der Waals surface area (Å²) in [5, 5.41) is 7.14. The minimum absolute atomic E-state index is 0. The first-order valence-electron chi connectivity index (χ1n) is 11.5. The molecule has 0 bridgehead atoms. The van der Waals surface area contributed by atoms with E-state index in [0.717, 1.165) is 22.2 Å². The fourth-order valence-corrected chi connectivity index (χ4v) is 3.80. The maximum Gasteiger partial charge on any atom is 0.247 e. The van der Waals surface area contributed by atoms with Gasteiger partial charge in [-0.2, -0.15) is 0 Å². The minimum atomic E-state index is -0.349. The van der Waals surface area contributed by atoms with Crippen molar-refractivity contribution in [3.8, 4) is 22.8 Å². The molecular formula is C27H31ClN6O3. The van der Waals surface area contributed by atoms with Crippen molar-refractivity contribution in [1.82, 2.24) is 19.4 Å². The molecule has 0 radical (unpaired) electrons. The smallest absolute Gasteiger partial charge is 0.247 e. The Labute approximate surface area is 222 Å². The maximum atomic E-state index is 12.1. The first-order valence-corrected chi connectivity index (χ1v) is 11.5. The van der Waals surface area contributed by atoms with Crippen LogP contribution >= 0.6 is 12.4 Å². The zero-order chi connectivity index (χ0) is 25.7. The number of anilines is 3. The molecule has 1 amide bonds. The molecular weight excluding hydrogens is 492 g/mol. The number of hydrogen-bond acceptors (Lipinski definition) is 7. The molecule has 2 aromatic heterocycles. The fraction of sp³-hybridized carbons (Fsp3) is 0.222. The third-order valence-corrected chi connectivity index (χ3v) is 5.62. The van der Waals surface area contributed by atoms with E-state index in [1.807, 2.05) is 44.2 Å². The molecule has 0 saturated carbocycles. The molecule has 2 heterocycles. The van der Waals surface area contributed by atoms with Gasteiger partial charge < -0.3 is 29.6 Å². The Morgan fingerprint density at radius 3 is 2.68 bits per heavy atom. The molecule has 4 rings (SSSR count). The summed E-state index contributed by atoms with van der Waals surface area (Å²) in [6.07, 6.45) is 4.97. The predicted octanol–water partition coefficient (Wildman–Crippen LogP) is 4.87. The number of para-hydroxylation sites is 1. The zero-order valence-corrected chi connectivity index (χ0v) is 22.1. The molecule has 194 valence electrons. The van der Waals surface area contributed by atoms with E-state index in [0.29, 0.717) is 42.0 Å². The number of aryl methyl sites for hydroxylation is 1. The first-order chi connectivity index (χ1) is 17.4. The maximum absolute atomic E-state index is 12.1. The van der Waals surface area contributed by atoms with Crippen LogP contribution in [-0.4, -0.2) is 59.7 Å². The van der Waals surface area contributed by atoms with E-state index in [1.54, 1.807) is 25.4 Å². The largest absolute Gasteiger partial charge is 0.494 e. The van der Waals surface area contributed by atoms with E-state index in [-0.39, 0.29) is 18.3 Å². The number of carbonyl (C=O) groups is 1. The van der Waals surface area contributed by atoms with Crippen molar-refractivity contribution in [3.05, 3.63) is 67.5 Å². The van der Waals surface area contributed by atoms with E-state index in [2.05, 4.69) is 45.1 Å². The van der Waals surface area contributed by atoms with Crippen LogP contribution in [0.25, 0.3) is 22.2 Å². The highest BCUT2D eigenvalue weighted by atomic mass is 35.5. The first kappa shape index (κ1) is 27.5. The number of aromatic nitrogens is 3. The van der Waals surface area contributed by atoms with E-state index in [9.17, 15) is 4.79 Å². The SMILES string of the molecule is C=CC(=O)Nc1cc(Nc2nccc(-c3cn(C)c4ccccc34)n2)c(OC)cc1OCCN(C)C.Cl. The van der Waals surface area contributed by atoms with Crippen molar-refractivity contribution in [2.45, 2.75) is 0 Å². The van der Waals surface area contributed by atoms with Gasteiger partial charge in [0.25, 0.3) is 0 Å². The number of hydrogen-bond donors (Lipinski definition) is 2. The Balaban J connectivity index is 0.00000380. The zero-order valence-electron chi connectivity index (χ0n) is 21.3. The van der Waals surface area contributed by atoms with Crippen LogP contribution in [-0.2, 0) is 11.8 Å². The molecule has 0 spiro atoms. The molecule has 10 heteroatoms. The van der Waals surface area contributed by atoms with Gasteiger partial charge in [0.1, 0.15) is 18.1 Å². The molecule has 2 aromatic carbocycles. The number of halogens is 1. The Morgan fingerprint density at radius 1 is 1.16 bits per heavy atom. The highest BCUT2D eigenvalue weighted by Crippen LogP contribution is 2.38. The van der Waals surface area contributed by atoms with Gasteiger partial charge in [-0.1, -0.05) is 24.8 Å². The molecule has 0 unspecified atom stereocenters. The summed E-state index contributed by atoms with van der Waals surface area (Å²) in [5.74, 6) is 1.05. The molecule has 0 atom stereocenters. The highest BCUT2D eigenvalue weighted by molar-refractivity contribution is 6.00. The van der Waals surface area contributed by atoms with Gasteiger partial charge in [-0.05, 0) is 38.4 Å². The van der Waals surface area contributed by atoms with Gasteiger partial charge in [0.15, 0.2) is 0 Å². The normalized spacial score (nSPS) is 10.6. The number of likely N-dealkylation sites (N-methyl/N-ethyl adjacent to an activating group) is 1. The Morgan fingerprint density at radius 2 is 1.95 bits per heavy atom. The molecule has 0 saturated heterocycles. The minimum Gasteiger partial charge on any atom is -0.494 e. The monoisotopic (exact) mass is 522 g/mol. The van der Waals surface area contributed by atoms with Crippen molar-refractivity contribution in [1.29, 1.82) is 0 Å². The van der Waals surface area contributed by atoms with Gasteiger partial charge in [-0.15, -0.1) is 12.4 Å². The lowest BCUT2D eigenvalue weighted by molar-refractivity contribution is -0.111. The Kier molecular flexibility index (Phi) is 9.10. The average molecular weight is 523 g/mol. The van der Waals surface area contributed by atoms with E-state index in [4.69, 9.17) is 14.5 Å². The lowest BCUT2D eigenvalue weighted by atomic mass is 10.1. The van der Waals surface area contributed by atoms with Crippen LogP contribution in [0.3, 0.4) is 0 Å². The van der Waals surface area contributed by atoms with Crippen LogP contribution in [0.15, 0.2) is 67.5 Å². The van der Waals surface area contributed by atoms with Crippen molar-refractivity contribution in [2.75, 3.05) is 45.0 Å². The third-order valence-electron chi connectivity index (χ3n) is 5.62. The number of nitrogens with one attached hydrogen (secondary N) is 2. The molecule has 4 aromatic rings. The number of benzene rings is 2. The second-order valence-corrected chi connectivity index (χ2v) is 8.46. The number of fused-ring (bicyclic) bond motifs is 1. The molecule has 0 aliphatic carbocycles. The van der Waals surface area contributed by atoms with Crippen LogP contribution in [0.4, 0.5) is 17.3 Å². The lowest BCUT2D eigenvalue weighted by Gasteiger charge is -2.18. The summed E-state index contributed by atoms with van der Waals surface area (Å²) in [4.78, 5) is 23.2. The van der Waals surface area contributed by atoms with Gasteiger partial charge in [0.2, 0.25) is 11.9 Å². The summed E-state index contributed by atoms with van der Waals surface area (Å²) in [5.41, 5.74) is 3.97. The quantitative estimate of drug-likeness (QED) is 0.287. The molecule has 37 heavy (non-hydrogen) atoms. The predicted molar refractivity (Wildman–Crippen MR) is 150 cm³/mol. The average Bonchev–Trinajstić information content (AvgIpc) is 3.21. The summed E-state index contributed by atoms with van der Waals surface area (Å²) in [6, 6.07) is 13.5. The number of carbonyl (C=O) groups excluding carboxylic acids is 1. The summed E-state index contributed by atoms with van der Waals surface area (Å²) >= 11 is 0. The topological polar surface area (TPSA) is 93.5 Å². The van der Waals surface area contributed by atoms with E-state index < -0.39 is 0 Å². The van der Waals surface area contributed by atoms with Crippen LogP contribution in [0.1, 0.15) is 0 Å². The van der Waals surface area contributed by atoms with Gasteiger partial charge in [-0.25, -0.2) is 9.97 Å². The standard InChI is InChI=1S/C27H30N6O3.ClH/c1-6-26(34)29-22-15-21(24(35-5)16-25(22)36-14-13-32(2)3)31-27-28-12-11-20(30-27)19-17-33(4)23-10-8-7-9-18(19)23;/h6-12,15-17H,1,13-14H2,2-5H3,(H,29,34)(H,28,30,31);1H. The van der Waals surface area contributed by atoms with Gasteiger partial charge in [-0.3, -0.25) is 4.79 Å². The molecule has 2 N–H and O–H groups in total. The van der Waals surface area contributed by atoms with E-state index >= 15 is 0 Å². The van der Waals surface area contributed by atoms with Gasteiger partial charge in [0, 0.05) is 48.5 Å². The van der Waals surface area contributed by atoms with Crippen molar-refractivity contribution < 1.29 is 14.3 Å². The number of ether oxygens (including phenoxy) is 2. The number of amides is 1. The second-order valence-electron chi connectivity index (χ2n) is 8.46. The van der Waals surface area contributed by atoms with Crippen LogP contribution in [0.5, 0.6) is 11.5 Å². The van der Waals surface area contributed by atoms with Gasteiger partial charge >= 0.3 is 0 Å². The Bertz CT molecular complexity index is 1400. The number of methoxy groups -OCH3 is 1. The van der Waals surface area contributed by atoms with Crippen LogP contribution in [0.2, 0.25) is 0 Å². The third kappa shape index (κ3) is 6.38. The Hall–Kier alpha value is -4.08. The highest BCUT2D eigenvalue weighted by Gasteiger charge is 2.16. The molecule has 0 fully saturated rings. The number of rotatable bonds is 10. The fourth-order valence-electron chi connectivity index (χ4n) is 3.80. The number of nitrogens with zero attached hydrogens (tertiary/aromatic N) is 4. The summed E-state index contributed by atoms with van der Waals surface area (Å²) in [7, 11) is 7.51. The molecule has 0 aliphatic heterocycles. The van der Waals surface area contributed by atoms with Crippen molar-refractivity contribution in [3.63, 3.8) is 0 Å². The summed E-state index contributed by atoms with van der Waals surface area (Å²) in [6.45, 7) is 4.69. The van der Waals surface area contributed by atoms with Crippen molar-refractivity contribution in [2.24, 2.45) is 7.05 Å².